The monoisotopic (exact) mass is 403 g/mol. The van der Waals surface area contributed by atoms with Gasteiger partial charge in [0.05, 0.1) is 0 Å². The van der Waals surface area contributed by atoms with E-state index >= 15 is 0 Å². The second-order valence-corrected chi connectivity index (χ2v) is 6.56. The molecule has 1 N–H and O–H groups in total. The lowest BCUT2D eigenvalue weighted by molar-refractivity contribution is 0.102. The summed E-state index contributed by atoms with van der Waals surface area (Å²) >= 11 is 0. The van der Waals surface area contributed by atoms with Gasteiger partial charge >= 0.3 is 0 Å². The topological polar surface area (TPSA) is 81.9 Å². The molecule has 7 nitrogen and oxygen atoms in total. The lowest BCUT2D eigenvalue weighted by atomic mass is 10.2. The second-order valence-electron chi connectivity index (χ2n) is 6.56. The summed E-state index contributed by atoms with van der Waals surface area (Å²) in [5.74, 6) is 0.169. The summed E-state index contributed by atoms with van der Waals surface area (Å²) in [6.07, 6.45) is 0. The van der Waals surface area contributed by atoms with Gasteiger partial charge in [-0.15, -0.1) is 5.10 Å². The molecule has 0 saturated carbocycles. The summed E-state index contributed by atoms with van der Waals surface area (Å²) < 4.78 is 21.2. The van der Waals surface area contributed by atoms with Crippen molar-refractivity contribution in [2.24, 2.45) is 0 Å². The summed E-state index contributed by atoms with van der Waals surface area (Å²) in [5, 5.41) is 13.8. The first-order chi connectivity index (χ1) is 14.6. The maximum Gasteiger partial charge on any atom is 0.255 e. The van der Waals surface area contributed by atoms with Crippen LogP contribution in [0.5, 0.6) is 5.75 Å². The van der Waals surface area contributed by atoms with Gasteiger partial charge in [-0.25, -0.2) is 4.39 Å². The number of tetrazole rings is 1. The molecule has 1 heterocycles. The molecule has 1 amide bonds. The number of aromatic nitrogens is 4. The highest BCUT2D eigenvalue weighted by molar-refractivity contribution is 6.04. The Balaban J connectivity index is 1.48. The molecule has 0 spiro atoms. The van der Waals surface area contributed by atoms with Gasteiger partial charge < -0.3 is 10.1 Å². The van der Waals surface area contributed by atoms with Gasteiger partial charge in [0, 0.05) is 11.3 Å². The average Bonchev–Trinajstić information content (AvgIpc) is 3.20. The molecule has 0 aliphatic rings. The van der Waals surface area contributed by atoms with Crippen LogP contribution in [0, 0.1) is 12.7 Å². The van der Waals surface area contributed by atoms with Crippen LogP contribution < -0.4 is 10.1 Å². The lowest BCUT2D eigenvalue weighted by Gasteiger charge is -2.10. The highest BCUT2D eigenvalue weighted by Crippen LogP contribution is 2.21. The van der Waals surface area contributed by atoms with Gasteiger partial charge in [-0.2, -0.15) is 4.68 Å². The molecule has 0 saturated heterocycles. The van der Waals surface area contributed by atoms with E-state index in [1.54, 1.807) is 31.2 Å². The SMILES string of the molecule is Cc1nnnn1-c1cc(NC(=O)c2cccc(OCc3ccccc3)c2)ccc1F. The Labute approximate surface area is 172 Å². The highest BCUT2D eigenvalue weighted by atomic mass is 19.1. The van der Waals surface area contributed by atoms with E-state index in [9.17, 15) is 9.18 Å². The van der Waals surface area contributed by atoms with Crippen LogP contribution in [0.2, 0.25) is 0 Å². The molecule has 0 radical (unpaired) electrons. The zero-order valence-electron chi connectivity index (χ0n) is 16.1. The van der Waals surface area contributed by atoms with Crippen LogP contribution in [0.1, 0.15) is 21.7 Å². The predicted molar refractivity (Wildman–Crippen MR) is 109 cm³/mol. The molecule has 4 aromatic rings. The summed E-state index contributed by atoms with van der Waals surface area (Å²) in [5.41, 5.74) is 2.02. The fourth-order valence-corrected chi connectivity index (χ4v) is 2.88. The molecule has 0 aliphatic carbocycles. The molecule has 1 aromatic heterocycles. The van der Waals surface area contributed by atoms with E-state index in [4.69, 9.17) is 4.74 Å². The minimum Gasteiger partial charge on any atom is -0.489 e. The summed E-state index contributed by atoms with van der Waals surface area (Å²) in [6.45, 7) is 2.06. The second kappa shape index (κ2) is 8.52. The van der Waals surface area contributed by atoms with Crippen LogP contribution in [-0.2, 0) is 6.61 Å². The molecular weight excluding hydrogens is 385 g/mol. The third-order valence-corrected chi connectivity index (χ3v) is 4.40. The summed E-state index contributed by atoms with van der Waals surface area (Å²) in [6, 6.07) is 20.8. The van der Waals surface area contributed by atoms with E-state index < -0.39 is 5.82 Å². The molecule has 8 heteroatoms. The van der Waals surface area contributed by atoms with E-state index in [-0.39, 0.29) is 11.6 Å². The first-order valence-corrected chi connectivity index (χ1v) is 9.23. The van der Waals surface area contributed by atoms with Crippen molar-refractivity contribution >= 4 is 11.6 Å². The Morgan fingerprint density at radius 2 is 1.90 bits per heavy atom. The van der Waals surface area contributed by atoms with Crippen LogP contribution in [0.15, 0.2) is 72.8 Å². The van der Waals surface area contributed by atoms with E-state index in [2.05, 4.69) is 20.8 Å². The number of carbonyl (C=O) groups is 1. The van der Waals surface area contributed by atoms with Crippen molar-refractivity contribution in [2.45, 2.75) is 13.5 Å². The Bertz CT molecular complexity index is 1180. The van der Waals surface area contributed by atoms with Crippen LogP contribution in [0.3, 0.4) is 0 Å². The Hall–Kier alpha value is -4.07. The number of hydrogen-bond acceptors (Lipinski definition) is 5. The molecule has 0 fully saturated rings. The zero-order valence-corrected chi connectivity index (χ0v) is 16.1. The maximum absolute atomic E-state index is 14.2. The van der Waals surface area contributed by atoms with E-state index in [1.165, 1.54) is 22.9 Å². The normalized spacial score (nSPS) is 10.6. The minimum atomic E-state index is -0.500. The largest absolute Gasteiger partial charge is 0.489 e. The van der Waals surface area contributed by atoms with Crippen molar-refractivity contribution in [3.8, 4) is 11.4 Å². The van der Waals surface area contributed by atoms with Crippen molar-refractivity contribution < 1.29 is 13.9 Å². The van der Waals surface area contributed by atoms with Gasteiger partial charge in [0.2, 0.25) is 0 Å². The van der Waals surface area contributed by atoms with Crippen LogP contribution in [-0.4, -0.2) is 26.1 Å². The Morgan fingerprint density at radius 1 is 1.07 bits per heavy atom. The number of rotatable bonds is 6. The number of anilines is 1. The van der Waals surface area contributed by atoms with Crippen LogP contribution in [0.25, 0.3) is 5.69 Å². The van der Waals surface area contributed by atoms with E-state index in [0.717, 1.165) is 5.56 Å². The Kier molecular flexibility index (Phi) is 5.47. The summed E-state index contributed by atoms with van der Waals surface area (Å²) in [4.78, 5) is 12.7. The standard InChI is InChI=1S/C22H18FN5O2/c1-15-25-26-27-28(15)21-13-18(10-11-20(21)23)24-22(29)17-8-5-9-19(12-17)30-14-16-6-3-2-4-7-16/h2-13H,14H2,1H3,(H,24,29). The van der Waals surface area contributed by atoms with E-state index in [1.807, 2.05) is 30.3 Å². The third-order valence-electron chi connectivity index (χ3n) is 4.40. The fourth-order valence-electron chi connectivity index (χ4n) is 2.88. The van der Waals surface area contributed by atoms with Gasteiger partial charge in [0.25, 0.3) is 5.91 Å². The molecule has 30 heavy (non-hydrogen) atoms. The third kappa shape index (κ3) is 4.33. The van der Waals surface area contributed by atoms with Gasteiger partial charge in [-0.1, -0.05) is 36.4 Å². The smallest absolute Gasteiger partial charge is 0.255 e. The van der Waals surface area contributed by atoms with Crippen molar-refractivity contribution in [1.82, 2.24) is 20.2 Å². The molecule has 150 valence electrons. The Morgan fingerprint density at radius 3 is 2.67 bits per heavy atom. The number of benzene rings is 3. The minimum absolute atomic E-state index is 0.148. The number of ether oxygens (including phenoxy) is 1. The number of nitrogens with one attached hydrogen (secondary N) is 1. The number of aryl methyl sites for hydroxylation is 1. The van der Waals surface area contributed by atoms with Gasteiger partial charge in [0.1, 0.15) is 23.9 Å². The maximum atomic E-state index is 14.2. The first kappa shape index (κ1) is 19.3. The molecule has 4 rings (SSSR count). The quantitative estimate of drug-likeness (QED) is 0.527. The molecule has 0 aliphatic heterocycles. The molecule has 3 aromatic carbocycles. The van der Waals surface area contributed by atoms with Crippen LogP contribution in [0.4, 0.5) is 10.1 Å². The van der Waals surface area contributed by atoms with Gasteiger partial charge in [0.15, 0.2) is 5.82 Å². The number of nitrogens with zero attached hydrogens (tertiary/aromatic N) is 4. The lowest BCUT2D eigenvalue weighted by Crippen LogP contribution is -2.13. The fraction of sp³-hybridized carbons (Fsp3) is 0.0909. The van der Waals surface area contributed by atoms with Crippen LogP contribution >= 0.6 is 0 Å². The molecular formula is C22H18FN5O2. The van der Waals surface area contributed by atoms with Crippen molar-refractivity contribution in [2.75, 3.05) is 5.32 Å². The van der Waals surface area contributed by atoms with Gasteiger partial charge in [-0.05, 0) is 59.3 Å². The average molecular weight is 403 g/mol. The number of carbonyl (C=O) groups excluding carboxylic acids is 1. The highest BCUT2D eigenvalue weighted by Gasteiger charge is 2.13. The number of amides is 1. The number of halogens is 1. The summed E-state index contributed by atoms with van der Waals surface area (Å²) in [7, 11) is 0. The number of hydrogen-bond donors (Lipinski definition) is 1. The predicted octanol–water partition coefficient (Wildman–Crippen LogP) is 3.94. The molecule has 0 atom stereocenters. The first-order valence-electron chi connectivity index (χ1n) is 9.23. The van der Waals surface area contributed by atoms with Gasteiger partial charge in [-0.3, -0.25) is 4.79 Å². The zero-order chi connectivity index (χ0) is 20.9. The van der Waals surface area contributed by atoms with Crippen molar-refractivity contribution in [3.05, 3.63) is 95.6 Å². The van der Waals surface area contributed by atoms with Crippen molar-refractivity contribution in [1.29, 1.82) is 0 Å². The van der Waals surface area contributed by atoms with E-state index in [0.29, 0.717) is 29.4 Å². The van der Waals surface area contributed by atoms with Crippen molar-refractivity contribution in [3.63, 3.8) is 0 Å². The molecule has 0 unspecified atom stereocenters. The molecule has 0 bridgehead atoms.